The summed E-state index contributed by atoms with van der Waals surface area (Å²) < 4.78 is 4.28. The Bertz CT molecular complexity index is 1630. The van der Waals surface area contributed by atoms with Crippen LogP contribution in [0.1, 0.15) is 18.9 Å². The standard InChI is InChI=1S/C27H22BrN3O2/c1-3-14-30-24-13-10-18(28)15-21(24)22(16-25(30)32)26-29-23-7-5-4-6-20(23)27(33)31(26)19-11-8-17(2)9-12-19/h4-13,15-16H,3,14H2,1-2H3. The van der Waals surface area contributed by atoms with Crippen molar-refractivity contribution in [2.75, 3.05) is 0 Å². The van der Waals surface area contributed by atoms with Crippen molar-refractivity contribution in [1.29, 1.82) is 0 Å². The van der Waals surface area contributed by atoms with Crippen molar-refractivity contribution in [2.45, 2.75) is 26.8 Å². The van der Waals surface area contributed by atoms with E-state index in [2.05, 4.69) is 15.9 Å². The minimum atomic E-state index is -0.166. The van der Waals surface area contributed by atoms with Gasteiger partial charge in [0, 0.05) is 28.0 Å². The second kappa shape index (κ2) is 8.45. The third kappa shape index (κ3) is 3.70. The van der Waals surface area contributed by atoms with Gasteiger partial charge in [0.1, 0.15) is 5.82 Å². The molecule has 2 heterocycles. The van der Waals surface area contributed by atoms with Crippen LogP contribution in [0.25, 0.3) is 38.9 Å². The number of hydrogen-bond donors (Lipinski definition) is 0. The topological polar surface area (TPSA) is 56.9 Å². The predicted octanol–water partition coefficient (Wildman–Crippen LogP) is 5.85. The minimum Gasteiger partial charge on any atom is -0.308 e. The lowest BCUT2D eigenvalue weighted by molar-refractivity contribution is 0.678. The first-order valence-corrected chi connectivity index (χ1v) is 11.7. The van der Waals surface area contributed by atoms with Gasteiger partial charge < -0.3 is 4.57 Å². The molecule has 5 aromatic rings. The zero-order chi connectivity index (χ0) is 23.1. The van der Waals surface area contributed by atoms with Crippen LogP contribution >= 0.6 is 15.9 Å². The third-order valence-electron chi connectivity index (χ3n) is 5.83. The Labute approximate surface area is 199 Å². The van der Waals surface area contributed by atoms with E-state index in [1.165, 1.54) is 0 Å². The van der Waals surface area contributed by atoms with Gasteiger partial charge in [-0.3, -0.25) is 14.2 Å². The molecule has 164 valence electrons. The van der Waals surface area contributed by atoms with Gasteiger partial charge in [0.15, 0.2) is 0 Å². The van der Waals surface area contributed by atoms with Crippen LogP contribution in [0.15, 0.2) is 86.9 Å². The van der Waals surface area contributed by atoms with E-state index in [0.717, 1.165) is 27.4 Å². The summed E-state index contributed by atoms with van der Waals surface area (Å²) in [5.74, 6) is 0.450. The van der Waals surface area contributed by atoms with Crippen molar-refractivity contribution in [3.63, 3.8) is 0 Å². The quantitative estimate of drug-likeness (QED) is 0.311. The van der Waals surface area contributed by atoms with E-state index in [9.17, 15) is 9.59 Å². The molecule has 0 saturated heterocycles. The average Bonchev–Trinajstić information content (AvgIpc) is 2.81. The average molecular weight is 500 g/mol. The molecule has 0 fully saturated rings. The van der Waals surface area contributed by atoms with E-state index < -0.39 is 0 Å². The van der Waals surface area contributed by atoms with E-state index in [-0.39, 0.29) is 11.1 Å². The van der Waals surface area contributed by atoms with Crippen molar-refractivity contribution in [2.24, 2.45) is 0 Å². The first kappa shape index (κ1) is 21.3. The van der Waals surface area contributed by atoms with Gasteiger partial charge in [0.05, 0.1) is 22.1 Å². The van der Waals surface area contributed by atoms with Gasteiger partial charge in [-0.25, -0.2) is 4.98 Å². The van der Waals surface area contributed by atoms with E-state index in [0.29, 0.717) is 34.5 Å². The van der Waals surface area contributed by atoms with Gasteiger partial charge in [0.25, 0.3) is 11.1 Å². The van der Waals surface area contributed by atoms with Crippen LogP contribution in [-0.2, 0) is 6.54 Å². The Morgan fingerprint density at radius 2 is 1.67 bits per heavy atom. The van der Waals surface area contributed by atoms with Gasteiger partial charge in [-0.15, -0.1) is 0 Å². The van der Waals surface area contributed by atoms with Crippen molar-refractivity contribution in [3.8, 4) is 17.1 Å². The number of halogens is 1. The molecule has 6 heteroatoms. The molecule has 0 radical (unpaired) electrons. The maximum Gasteiger partial charge on any atom is 0.266 e. The molecule has 5 nitrogen and oxygen atoms in total. The largest absolute Gasteiger partial charge is 0.308 e. The highest BCUT2D eigenvalue weighted by molar-refractivity contribution is 9.10. The van der Waals surface area contributed by atoms with Gasteiger partial charge >= 0.3 is 0 Å². The summed E-state index contributed by atoms with van der Waals surface area (Å²) in [6, 6.07) is 22.5. The summed E-state index contributed by atoms with van der Waals surface area (Å²) in [6.07, 6.45) is 0.840. The van der Waals surface area contributed by atoms with E-state index in [1.807, 2.05) is 74.5 Å². The lowest BCUT2D eigenvalue weighted by Crippen LogP contribution is -2.24. The highest BCUT2D eigenvalue weighted by Crippen LogP contribution is 2.30. The molecular weight excluding hydrogens is 478 g/mol. The van der Waals surface area contributed by atoms with E-state index >= 15 is 0 Å². The number of benzene rings is 3. The molecule has 0 N–H and O–H groups in total. The molecule has 33 heavy (non-hydrogen) atoms. The maximum atomic E-state index is 13.7. The smallest absolute Gasteiger partial charge is 0.266 e. The normalized spacial score (nSPS) is 11.4. The highest BCUT2D eigenvalue weighted by Gasteiger charge is 2.19. The molecule has 3 aromatic carbocycles. The molecule has 0 aliphatic carbocycles. The number of para-hydroxylation sites is 1. The number of fused-ring (bicyclic) bond motifs is 2. The fraction of sp³-hybridized carbons (Fsp3) is 0.148. The van der Waals surface area contributed by atoms with Crippen LogP contribution in [0.4, 0.5) is 0 Å². The minimum absolute atomic E-state index is 0.112. The Balaban J connectivity index is 1.95. The third-order valence-corrected chi connectivity index (χ3v) is 6.32. The first-order chi connectivity index (χ1) is 16.0. The molecule has 0 aliphatic heterocycles. The van der Waals surface area contributed by atoms with Crippen LogP contribution in [0.2, 0.25) is 0 Å². The molecular formula is C27H22BrN3O2. The van der Waals surface area contributed by atoms with E-state index in [4.69, 9.17) is 4.98 Å². The summed E-state index contributed by atoms with van der Waals surface area (Å²) >= 11 is 3.57. The van der Waals surface area contributed by atoms with Crippen LogP contribution in [0.5, 0.6) is 0 Å². The zero-order valence-corrected chi connectivity index (χ0v) is 20.0. The molecule has 0 bridgehead atoms. The number of hydrogen-bond acceptors (Lipinski definition) is 3. The number of rotatable bonds is 4. The molecule has 0 atom stereocenters. The fourth-order valence-corrected chi connectivity index (χ4v) is 4.60. The summed E-state index contributed by atoms with van der Waals surface area (Å²) in [5, 5.41) is 1.40. The van der Waals surface area contributed by atoms with Crippen molar-refractivity contribution in [1.82, 2.24) is 14.1 Å². The summed E-state index contributed by atoms with van der Waals surface area (Å²) in [4.78, 5) is 31.8. The molecule has 0 saturated carbocycles. The Morgan fingerprint density at radius 3 is 2.42 bits per heavy atom. The molecule has 0 unspecified atom stereocenters. The van der Waals surface area contributed by atoms with Crippen molar-refractivity contribution in [3.05, 3.63) is 104 Å². The molecule has 5 rings (SSSR count). The van der Waals surface area contributed by atoms with Gasteiger partial charge in [0.2, 0.25) is 0 Å². The van der Waals surface area contributed by atoms with Crippen LogP contribution in [-0.4, -0.2) is 14.1 Å². The van der Waals surface area contributed by atoms with Crippen molar-refractivity contribution >= 4 is 37.7 Å². The first-order valence-electron chi connectivity index (χ1n) is 10.9. The second-order valence-corrected chi connectivity index (χ2v) is 9.05. The SMILES string of the molecule is CCCn1c(=O)cc(-c2nc3ccccc3c(=O)n2-c2ccc(C)cc2)c2cc(Br)ccc21. The van der Waals surface area contributed by atoms with E-state index in [1.54, 1.807) is 21.3 Å². The second-order valence-electron chi connectivity index (χ2n) is 8.14. The Kier molecular flexibility index (Phi) is 5.46. The summed E-state index contributed by atoms with van der Waals surface area (Å²) in [5.41, 5.74) is 3.58. The maximum absolute atomic E-state index is 13.7. The Morgan fingerprint density at radius 1 is 0.909 bits per heavy atom. The van der Waals surface area contributed by atoms with Gasteiger partial charge in [-0.1, -0.05) is 52.7 Å². The van der Waals surface area contributed by atoms with Crippen LogP contribution < -0.4 is 11.1 Å². The molecule has 0 spiro atoms. The lowest BCUT2D eigenvalue weighted by Gasteiger charge is -2.17. The highest BCUT2D eigenvalue weighted by atomic mass is 79.9. The predicted molar refractivity (Wildman–Crippen MR) is 137 cm³/mol. The zero-order valence-electron chi connectivity index (χ0n) is 18.4. The lowest BCUT2D eigenvalue weighted by atomic mass is 10.1. The molecule has 0 aliphatic rings. The molecule has 0 amide bonds. The monoisotopic (exact) mass is 499 g/mol. The number of aryl methyl sites for hydroxylation is 2. The summed E-state index contributed by atoms with van der Waals surface area (Å²) in [6.45, 7) is 4.67. The fourth-order valence-electron chi connectivity index (χ4n) is 4.24. The van der Waals surface area contributed by atoms with Crippen molar-refractivity contribution < 1.29 is 0 Å². The van der Waals surface area contributed by atoms with Gasteiger partial charge in [-0.05, 0) is 55.8 Å². The Hall–Kier alpha value is -3.51. The number of nitrogens with zero attached hydrogens (tertiary/aromatic N) is 3. The van der Waals surface area contributed by atoms with Gasteiger partial charge in [-0.2, -0.15) is 0 Å². The number of aromatic nitrogens is 3. The molecule has 2 aromatic heterocycles. The van der Waals surface area contributed by atoms with Crippen LogP contribution in [0.3, 0.4) is 0 Å². The number of pyridine rings is 1. The summed E-state index contributed by atoms with van der Waals surface area (Å²) in [7, 11) is 0. The van der Waals surface area contributed by atoms with Crippen LogP contribution in [0, 0.1) is 6.92 Å².